The maximum atomic E-state index is 11.0. The zero-order chi connectivity index (χ0) is 9.72. The van der Waals surface area contributed by atoms with Crippen molar-refractivity contribution in [2.24, 2.45) is 5.73 Å². The van der Waals surface area contributed by atoms with Crippen LogP contribution in [0.5, 0.6) is 0 Å². The first-order valence-electron chi connectivity index (χ1n) is 3.76. The molecule has 2 atom stereocenters. The van der Waals surface area contributed by atoms with Gasteiger partial charge in [0.2, 0.25) is 11.8 Å². The molecule has 2 amide bonds. The Balaban J connectivity index is 3.92. The summed E-state index contributed by atoms with van der Waals surface area (Å²) in [5.41, 5.74) is 5.28. The van der Waals surface area contributed by atoms with Gasteiger partial charge in [0.05, 0.1) is 6.04 Å². The van der Waals surface area contributed by atoms with Gasteiger partial charge >= 0.3 is 0 Å². The average molecular weight is 173 g/mol. The largest absolute Gasteiger partial charge is 0.357 e. The molecule has 0 bridgehead atoms. The molecule has 5 nitrogen and oxygen atoms in total. The Morgan fingerprint density at radius 1 is 1.25 bits per heavy atom. The van der Waals surface area contributed by atoms with E-state index >= 15 is 0 Å². The SMILES string of the molecule is CNC(=O)C(C)NC(=O)C(C)N. The molecular formula is C7H15N3O2. The van der Waals surface area contributed by atoms with Crippen LogP contribution in [0, 0.1) is 0 Å². The summed E-state index contributed by atoms with van der Waals surface area (Å²) >= 11 is 0. The molecule has 0 spiro atoms. The number of likely N-dealkylation sites (N-methyl/N-ethyl adjacent to an activating group) is 1. The van der Waals surface area contributed by atoms with Crippen molar-refractivity contribution in [1.29, 1.82) is 0 Å². The highest BCUT2D eigenvalue weighted by molar-refractivity contribution is 5.88. The van der Waals surface area contributed by atoms with Crippen molar-refractivity contribution in [3.05, 3.63) is 0 Å². The van der Waals surface area contributed by atoms with E-state index in [9.17, 15) is 9.59 Å². The summed E-state index contributed by atoms with van der Waals surface area (Å²) in [4.78, 5) is 21.9. The summed E-state index contributed by atoms with van der Waals surface area (Å²) in [5.74, 6) is -0.560. The summed E-state index contributed by atoms with van der Waals surface area (Å²) in [5, 5.41) is 4.87. The van der Waals surface area contributed by atoms with Gasteiger partial charge in [-0.3, -0.25) is 9.59 Å². The van der Waals surface area contributed by atoms with Crippen LogP contribution in [0.15, 0.2) is 0 Å². The minimum Gasteiger partial charge on any atom is -0.357 e. The monoisotopic (exact) mass is 173 g/mol. The number of nitrogens with two attached hydrogens (primary N) is 1. The molecule has 0 saturated heterocycles. The molecule has 0 aliphatic heterocycles. The molecule has 70 valence electrons. The summed E-state index contributed by atoms with van der Waals surface area (Å²) in [7, 11) is 1.51. The fourth-order valence-electron chi connectivity index (χ4n) is 0.627. The highest BCUT2D eigenvalue weighted by atomic mass is 16.2. The smallest absolute Gasteiger partial charge is 0.242 e. The van der Waals surface area contributed by atoms with E-state index < -0.39 is 12.1 Å². The minimum atomic E-state index is -0.586. The van der Waals surface area contributed by atoms with Crippen molar-refractivity contribution in [3.63, 3.8) is 0 Å². The van der Waals surface area contributed by atoms with Gasteiger partial charge in [0.15, 0.2) is 0 Å². The second-order valence-electron chi connectivity index (χ2n) is 2.63. The second-order valence-corrected chi connectivity index (χ2v) is 2.63. The van der Waals surface area contributed by atoms with E-state index in [0.29, 0.717) is 0 Å². The van der Waals surface area contributed by atoms with E-state index in [1.165, 1.54) is 7.05 Å². The Morgan fingerprint density at radius 3 is 2.08 bits per heavy atom. The first-order chi connectivity index (χ1) is 5.49. The number of carbonyl (C=O) groups is 2. The molecule has 0 rings (SSSR count). The second kappa shape index (κ2) is 4.71. The van der Waals surface area contributed by atoms with Crippen LogP contribution in [0.25, 0.3) is 0 Å². The zero-order valence-electron chi connectivity index (χ0n) is 7.55. The van der Waals surface area contributed by atoms with E-state index in [0.717, 1.165) is 0 Å². The number of hydrogen-bond acceptors (Lipinski definition) is 3. The van der Waals surface area contributed by atoms with Gasteiger partial charge in [-0.15, -0.1) is 0 Å². The van der Waals surface area contributed by atoms with Crippen molar-refractivity contribution in [3.8, 4) is 0 Å². The molecule has 0 aliphatic carbocycles. The zero-order valence-corrected chi connectivity index (χ0v) is 7.55. The number of carbonyl (C=O) groups excluding carboxylic acids is 2. The third kappa shape index (κ3) is 3.34. The van der Waals surface area contributed by atoms with Crippen LogP contribution in [0.4, 0.5) is 0 Å². The molecule has 4 N–H and O–H groups in total. The number of nitrogens with one attached hydrogen (secondary N) is 2. The molecule has 12 heavy (non-hydrogen) atoms. The molecule has 0 heterocycles. The van der Waals surface area contributed by atoms with Gasteiger partial charge in [0.25, 0.3) is 0 Å². The maximum absolute atomic E-state index is 11.0. The molecule has 0 aliphatic rings. The van der Waals surface area contributed by atoms with E-state index in [-0.39, 0.29) is 11.8 Å². The molecule has 2 unspecified atom stereocenters. The van der Waals surface area contributed by atoms with Crippen LogP contribution in [-0.4, -0.2) is 30.9 Å². The molecular weight excluding hydrogens is 158 g/mol. The van der Waals surface area contributed by atoms with Gasteiger partial charge in [-0.1, -0.05) is 0 Å². The lowest BCUT2D eigenvalue weighted by molar-refractivity contribution is -0.128. The van der Waals surface area contributed by atoms with E-state index in [1.807, 2.05) is 0 Å². The Hall–Kier alpha value is -1.10. The van der Waals surface area contributed by atoms with Gasteiger partial charge in [0.1, 0.15) is 6.04 Å². The summed E-state index contributed by atoms with van der Waals surface area (Å²) < 4.78 is 0. The summed E-state index contributed by atoms with van der Waals surface area (Å²) in [6.45, 7) is 3.16. The van der Waals surface area contributed by atoms with Crippen molar-refractivity contribution in [2.45, 2.75) is 25.9 Å². The summed E-state index contributed by atoms with van der Waals surface area (Å²) in [6.07, 6.45) is 0. The number of rotatable bonds is 3. The van der Waals surface area contributed by atoms with Crippen LogP contribution in [-0.2, 0) is 9.59 Å². The Labute approximate surface area is 71.7 Å². The van der Waals surface area contributed by atoms with Crippen LogP contribution >= 0.6 is 0 Å². The molecule has 0 fully saturated rings. The standard InChI is InChI=1S/C7H15N3O2/c1-4(8)6(11)10-5(2)7(12)9-3/h4-5H,8H2,1-3H3,(H,9,12)(H,10,11). The first-order valence-corrected chi connectivity index (χ1v) is 3.76. The predicted octanol–water partition coefficient (Wildman–Crippen LogP) is -1.42. The highest BCUT2D eigenvalue weighted by Crippen LogP contribution is 1.83. The van der Waals surface area contributed by atoms with E-state index in [1.54, 1.807) is 13.8 Å². The van der Waals surface area contributed by atoms with Crippen molar-refractivity contribution in [1.82, 2.24) is 10.6 Å². The van der Waals surface area contributed by atoms with Crippen LogP contribution in [0.1, 0.15) is 13.8 Å². The summed E-state index contributed by atoms with van der Waals surface area (Å²) in [6, 6.07) is -1.12. The van der Waals surface area contributed by atoms with Crippen LogP contribution in [0.2, 0.25) is 0 Å². The third-order valence-electron chi connectivity index (χ3n) is 1.41. The minimum absolute atomic E-state index is 0.232. The number of amides is 2. The quantitative estimate of drug-likeness (QED) is 0.490. The Kier molecular flexibility index (Phi) is 4.28. The lowest BCUT2D eigenvalue weighted by Gasteiger charge is -2.13. The lowest BCUT2D eigenvalue weighted by atomic mass is 10.2. The van der Waals surface area contributed by atoms with Crippen molar-refractivity contribution >= 4 is 11.8 Å². The van der Waals surface area contributed by atoms with E-state index in [4.69, 9.17) is 5.73 Å². The van der Waals surface area contributed by atoms with Crippen LogP contribution < -0.4 is 16.4 Å². The lowest BCUT2D eigenvalue weighted by Crippen LogP contribution is -2.48. The Morgan fingerprint density at radius 2 is 1.75 bits per heavy atom. The molecule has 5 heteroatoms. The van der Waals surface area contributed by atoms with Gasteiger partial charge in [-0.2, -0.15) is 0 Å². The van der Waals surface area contributed by atoms with Crippen molar-refractivity contribution in [2.75, 3.05) is 7.05 Å². The van der Waals surface area contributed by atoms with Gasteiger partial charge in [-0.25, -0.2) is 0 Å². The van der Waals surface area contributed by atoms with Gasteiger partial charge in [-0.05, 0) is 13.8 Å². The normalized spacial score (nSPS) is 14.7. The molecule has 0 radical (unpaired) electrons. The third-order valence-corrected chi connectivity index (χ3v) is 1.41. The van der Waals surface area contributed by atoms with Crippen molar-refractivity contribution < 1.29 is 9.59 Å². The number of hydrogen-bond donors (Lipinski definition) is 3. The highest BCUT2D eigenvalue weighted by Gasteiger charge is 2.15. The van der Waals surface area contributed by atoms with Gasteiger partial charge < -0.3 is 16.4 Å². The maximum Gasteiger partial charge on any atom is 0.242 e. The topological polar surface area (TPSA) is 84.2 Å². The van der Waals surface area contributed by atoms with E-state index in [2.05, 4.69) is 10.6 Å². The average Bonchev–Trinajstić information content (AvgIpc) is 2.02. The Bertz CT molecular complexity index is 179. The fraction of sp³-hybridized carbons (Fsp3) is 0.714. The molecule has 0 aromatic heterocycles. The first kappa shape index (κ1) is 10.9. The fourth-order valence-corrected chi connectivity index (χ4v) is 0.627. The molecule has 0 aromatic rings. The van der Waals surface area contributed by atoms with Gasteiger partial charge in [0, 0.05) is 7.05 Å². The predicted molar refractivity (Wildman–Crippen MR) is 45.3 cm³/mol. The molecule has 0 aromatic carbocycles. The van der Waals surface area contributed by atoms with Crippen LogP contribution in [0.3, 0.4) is 0 Å². The molecule has 0 saturated carbocycles.